The minimum atomic E-state index is -0.683. The van der Waals surface area contributed by atoms with Crippen LogP contribution in [0, 0.1) is 11.3 Å². The van der Waals surface area contributed by atoms with E-state index in [2.05, 4.69) is 11.4 Å². The molecule has 0 aromatic rings. The third kappa shape index (κ3) is 3.53. The van der Waals surface area contributed by atoms with Crippen LogP contribution in [-0.2, 0) is 9.59 Å². The van der Waals surface area contributed by atoms with E-state index in [1.807, 2.05) is 4.90 Å². The molecule has 1 N–H and O–H groups in total. The first-order valence-electron chi connectivity index (χ1n) is 7.65. The number of carbonyl (C=O) groups excluding carboxylic acids is 2. The summed E-state index contributed by atoms with van der Waals surface area (Å²) >= 11 is 0. The second kappa shape index (κ2) is 6.44. The molecule has 1 saturated heterocycles. The maximum absolute atomic E-state index is 12.2. The Kier molecular flexibility index (Phi) is 4.84. The molecule has 0 radical (unpaired) electrons. The molecule has 1 atom stereocenters. The van der Waals surface area contributed by atoms with Gasteiger partial charge in [0.15, 0.2) is 0 Å². The van der Waals surface area contributed by atoms with E-state index >= 15 is 0 Å². The Morgan fingerprint density at radius 3 is 2.57 bits per heavy atom. The van der Waals surface area contributed by atoms with E-state index in [-0.39, 0.29) is 24.4 Å². The molecule has 2 amide bonds. The van der Waals surface area contributed by atoms with E-state index < -0.39 is 5.54 Å². The minimum Gasteiger partial charge on any atom is -0.347 e. The van der Waals surface area contributed by atoms with Crippen molar-refractivity contribution in [1.82, 2.24) is 15.1 Å². The molecule has 21 heavy (non-hydrogen) atoms. The number of carbonyl (C=O) groups is 2. The van der Waals surface area contributed by atoms with Crippen LogP contribution in [0.25, 0.3) is 0 Å². The molecule has 6 heteroatoms. The summed E-state index contributed by atoms with van der Waals surface area (Å²) in [4.78, 5) is 27.8. The maximum atomic E-state index is 12.2. The number of hydrogen-bond acceptors (Lipinski definition) is 4. The van der Waals surface area contributed by atoms with E-state index in [9.17, 15) is 14.9 Å². The van der Waals surface area contributed by atoms with Gasteiger partial charge in [0.2, 0.25) is 11.8 Å². The Morgan fingerprint density at radius 2 is 2.00 bits per heavy atom. The lowest BCUT2D eigenvalue weighted by molar-refractivity contribution is -0.134. The minimum absolute atomic E-state index is 0.0520. The second-order valence-electron chi connectivity index (χ2n) is 6.31. The molecule has 1 saturated carbocycles. The van der Waals surface area contributed by atoms with Gasteiger partial charge in [-0.1, -0.05) is 0 Å². The van der Waals surface area contributed by atoms with Crippen molar-refractivity contribution in [3.05, 3.63) is 0 Å². The zero-order valence-corrected chi connectivity index (χ0v) is 12.9. The van der Waals surface area contributed by atoms with E-state index in [1.54, 1.807) is 19.0 Å². The molecule has 1 heterocycles. The van der Waals surface area contributed by atoms with Gasteiger partial charge in [0.05, 0.1) is 18.7 Å². The maximum Gasteiger partial charge on any atom is 0.239 e. The summed E-state index contributed by atoms with van der Waals surface area (Å²) in [6.45, 7) is 0.963. The topological polar surface area (TPSA) is 76.4 Å². The van der Waals surface area contributed by atoms with Gasteiger partial charge >= 0.3 is 0 Å². The number of nitriles is 1. The van der Waals surface area contributed by atoms with Crippen LogP contribution in [-0.4, -0.2) is 60.4 Å². The molecular weight excluding hydrogens is 268 g/mol. The molecule has 2 rings (SSSR count). The number of likely N-dealkylation sites (N-methyl/N-ethyl adjacent to an activating group) is 1. The van der Waals surface area contributed by atoms with Crippen LogP contribution in [0.3, 0.4) is 0 Å². The van der Waals surface area contributed by atoms with Crippen LogP contribution in [0.4, 0.5) is 0 Å². The fourth-order valence-electron chi connectivity index (χ4n) is 3.33. The Balaban J connectivity index is 1.93. The van der Waals surface area contributed by atoms with Gasteiger partial charge in [0.1, 0.15) is 5.54 Å². The quantitative estimate of drug-likeness (QED) is 0.818. The molecule has 1 unspecified atom stereocenters. The first-order chi connectivity index (χ1) is 9.97. The molecule has 1 aliphatic heterocycles. The molecule has 116 valence electrons. The summed E-state index contributed by atoms with van der Waals surface area (Å²) in [5, 5.41) is 12.2. The van der Waals surface area contributed by atoms with Gasteiger partial charge in [-0.15, -0.1) is 0 Å². The fourth-order valence-corrected chi connectivity index (χ4v) is 3.33. The summed E-state index contributed by atoms with van der Waals surface area (Å²) in [6.07, 6.45) is 5.16. The third-order valence-corrected chi connectivity index (χ3v) is 4.49. The summed E-state index contributed by atoms with van der Waals surface area (Å²) < 4.78 is 0. The fraction of sp³-hybridized carbons (Fsp3) is 0.800. The SMILES string of the molecule is CN(C)C(=O)C1CCCN1CC(=O)NC1(C#N)CCCC1. The van der Waals surface area contributed by atoms with E-state index in [0.29, 0.717) is 0 Å². The number of nitrogens with one attached hydrogen (secondary N) is 1. The number of amides is 2. The Hall–Kier alpha value is -1.61. The third-order valence-electron chi connectivity index (χ3n) is 4.49. The number of likely N-dealkylation sites (tertiary alicyclic amines) is 1. The van der Waals surface area contributed by atoms with Crippen LogP contribution in [0.5, 0.6) is 0 Å². The molecule has 0 aromatic heterocycles. The van der Waals surface area contributed by atoms with E-state index in [1.165, 1.54) is 0 Å². The Bertz CT molecular complexity index is 449. The van der Waals surface area contributed by atoms with Gasteiger partial charge in [0, 0.05) is 14.1 Å². The first-order valence-corrected chi connectivity index (χ1v) is 7.65. The molecule has 0 bridgehead atoms. The second-order valence-corrected chi connectivity index (χ2v) is 6.31. The summed E-state index contributed by atoms with van der Waals surface area (Å²) in [5.74, 6) is -0.0898. The summed E-state index contributed by atoms with van der Waals surface area (Å²) in [5.41, 5.74) is -0.683. The predicted molar refractivity (Wildman–Crippen MR) is 78.2 cm³/mol. The molecule has 0 spiro atoms. The lowest BCUT2D eigenvalue weighted by Crippen LogP contribution is -2.51. The van der Waals surface area contributed by atoms with Crippen molar-refractivity contribution in [1.29, 1.82) is 5.26 Å². The molecule has 2 aliphatic rings. The van der Waals surface area contributed by atoms with Crippen molar-refractivity contribution < 1.29 is 9.59 Å². The van der Waals surface area contributed by atoms with Crippen molar-refractivity contribution in [2.24, 2.45) is 0 Å². The average molecular weight is 292 g/mol. The van der Waals surface area contributed by atoms with Crippen molar-refractivity contribution in [2.45, 2.75) is 50.1 Å². The van der Waals surface area contributed by atoms with Crippen molar-refractivity contribution in [3.8, 4) is 6.07 Å². The largest absolute Gasteiger partial charge is 0.347 e. The predicted octanol–water partition coefficient (Wildman–Crippen LogP) is 0.492. The van der Waals surface area contributed by atoms with Crippen LogP contribution >= 0.6 is 0 Å². The Morgan fingerprint density at radius 1 is 1.33 bits per heavy atom. The van der Waals surface area contributed by atoms with Gasteiger partial charge in [0.25, 0.3) is 0 Å². The number of rotatable bonds is 4. The first kappa shape index (κ1) is 15.8. The highest BCUT2D eigenvalue weighted by Gasteiger charge is 2.37. The number of nitrogens with zero attached hydrogens (tertiary/aromatic N) is 3. The summed E-state index contributed by atoms with van der Waals surface area (Å²) in [7, 11) is 3.48. The molecular formula is C15H24N4O2. The van der Waals surface area contributed by atoms with Gasteiger partial charge in [-0.05, 0) is 45.1 Å². The molecule has 2 fully saturated rings. The highest BCUT2D eigenvalue weighted by molar-refractivity contribution is 5.84. The van der Waals surface area contributed by atoms with Crippen LogP contribution in [0.15, 0.2) is 0 Å². The normalized spacial score (nSPS) is 24.5. The lowest BCUT2D eigenvalue weighted by Gasteiger charge is -2.28. The van der Waals surface area contributed by atoms with Crippen LogP contribution < -0.4 is 5.32 Å². The van der Waals surface area contributed by atoms with E-state index in [0.717, 1.165) is 45.1 Å². The van der Waals surface area contributed by atoms with Crippen molar-refractivity contribution >= 4 is 11.8 Å². The van der Waals surface area contributed by atoms with Gasteiger partial charge < -0.3 is 10.2 Å². The highest BCUT2D eigenvalue weighted by atomic mass is 16.2. The van der Waals surface area contributed by atoms with E-state index in [4.69, 9.17) is 0 Å². The zero-order valence-electron chi connectivity index (χ0n) is 12.9. The van der Waals surface area contributed by atoms with Crippen LogP contribution in [0.2, 0.25) is 0 Å². The average Bonchev–Trinajstić information content (AvgIpc) is 3.07. The van der Waals surface area contributed by atoms with Gasteiger partial charge in [-0.3, -0.25) is 14.5 Å². The molecule has 0 aromatic carbocycles. The zero-order chi connectivity index (χ0) is 15.5. The smallest absolute Gasteiger partial charge is 0.239 e. The molecule has 6 nitrogen and oxygen atoms in total. The van der Waals surface area contributed by atoms with Gasteiger partial charge in [-0.2, -0.15) is 5.26 Å². The monoisotopic (exact) mass is 292 g/mol. The van der Waals surface area contributed by atoms with Crippen molar-refractivity contribution in [2.75, 3.05) is 27.2 Å². The van der Waals surface area contributed by atoms with Crippen molar-refractivity contribution in [3.63, 3.8) is 0 Å². The number of hydrogen-bond donors (Lipinski definition) is 1. The Labute approximate surface area is 126 Å². The standard InChI is InChI=1S/C15H24N4O2/c1-18(2)14(21)12-6-5-9-19(12)10-13(20)17-15(11-16)7-3-4-8-15/h12H,3-10H2,1-2H3,(H,17,20). The molecule has 1 aliphatic carbocycles. The highest BCUT2D eigenvalue weighted by Crippen LogP contribution is 2.29. The lowest BCUT2D eigenvalue weighted by atomic mass is 10.00. The summed E-state index contributed by atoms with van der Waals surface area (Å²) in [6, 6.07) is 2.06. The van der Waals surface area contributed by atoms with Crippen LogP contribution in [0.1, 0.15) is 38.5 Å². The van der Waals surface area contributed by atoms with Gasteiger partial charge in [-0.25, -0.2) is 0 Å².